The Kier molecular flexibility index (Phi) is 8.63. The number of methoxy groups -OCH3 is 1. The van der Waals surface area contributed by atoms with Crippen molar-refractivity contribution in [3.05, 3.63) is 76.7 Å². The molecule has 0 unspecified atom stereocenters. The number of carboxylic acid groups (broad SMARTS) is 1. The van der Waals surface area contributed by atoms with E-state index in [4.69, 9.17) is 14.6 Å². The normalized spacial score (nSPS) is 11.8. The summed E-state index contributed by atoms with van der Waals surface area (Å²) in [4.78, 5) is 26.6. The largest absolute Gasteiger partial charge is 0.500 e. The Bertz CT molecular complexity index is 887. The second-order valence-corrected chi connectivity index (χ2v) is 6.35. The Balaban J connectivity index is 2.01. The van der Waals surface area contributed by atoms with Crippen LogP contribution in [-0.2, 0) is 16.0 Å². The van der Waals surface area contributed by atoms with Gasteiger partial charge in [-0.1, -0.05) is 36.4 Å². The average molecular weight is 395 g/mol. The van der Waals surface area contributed by atoms with Crippen molar-refractivity contribution in [3.8, 4) is 5.75 Å². The molecule has 6 nitrogen and oxygen atoms in total. The van der Waals surface area contributed by atoms with Crippen LogP contribution in [0.5, 0.6) is 5.75 Å². The minimum atomic E-state index is -0.897. The monoisotopic (exact) mass is 395 g/mol. The summed E-state index contributed by atoms with van der Waals surface area (Å²) in [7, 11) is 1.60. The number of carboxylic acids is 1. The summed E-state index contributed by atoms with van der Waals surface area (Å²) >= 11 is 0. The molecule has 1 N–H and O–H groups in total. The number of carbonyl (C=O) groups excluding carboxylic acids is 1. The highest BCUT2D eigenvalue weighted by atomic mass is 16.5. The number of carbonyl (C=O) groups is 2. The lowest BCUT2D eigenvalue weighted by Gasteiger charge is -2.11. The molecule has 0 aromatic heterocycles. The predicted molar refractivity (Wildman–Crippen MR) is 112 cm³/mol. The van der Waals surface area contributed by atoms with E-state index in [0.717, 1.165) is 11.3 Å². The van der Waals surface area contributed by atoms with Crippen molar-refractivity contribution in [3.63, 3.8) is 0 Å². The van der Waals surface area contributed by atoms with Gasteiger partial charge in [0.15, 0.2) is 0 Å². The third-order valence-electron chi connectivity index (χ3n) is 4.34. The lowest BCUT2D eigenvalue weighted by molar-refractivity contribution is -0.136. The summed E-state index contributed by atoms with van der Waals surface area (Å²) in [6, 6.07) is 14.9. The van der Waals surface area contributed by atoms with Crippen LogP contribution in [0, 0.1) is 0 Å². The van der Waals surface area contributed by atoms with Crippen LogP contribution in [0.25, 0.3) is 0 Å². The fourth-order valence-corrected chi connectivity index (χ4v) is 2.65. The molecule has 2 aromatic rings. The Hall–Kier alpha value is -3.41. The van der Waals surface area contributed by atoms with E-state index in [2.05, 4.69) is 4.99 Å². The molecule has 2 aromatic carbocycles. The van der Waals surface area contributed by atoms with Crippen molar-refractivity contribution in [2.75, 3.05) is 13.7 Å². The Labute approximate surface area is 170 Å². The molecule has 0 spiro atoms. The minimum Gasteiger partial charge on any atom is -0.500 e. The van der Waals surface area contributed by atoms with Crippen LogP contribution in [0.2, 0.25) is 0 Å². The molecule has 0 saturated heterocycles. The number of allylic oxidation sites excluding steroid dienone is 1. The van der Waals surface area contributed by atoms with Gasteiger partial charge in [0.25, 0.3) is 0 Å². The van der Waals surface area contributed by atoms with Gasteiger partial charge in [-0.25, -0.2) is 0 Å². The van der Waals surface area contributed by atoms with E-state index < -0.39 is 5.97 Å². The van der Waals surface area contributed by atoms with Gasteiger partial charge in [0.05, 0.1) is 19.4 Å². The summed E-state index contributed by atoms with van der Waals surface area (Å²) in [5, 5.41) is 8.80. The number of ether oxygens (including phenoxy) is 2. The molecule has 0 saturated carbocycles. The van der Waals surface area contributed by atoms with Crippen LogP contribution in [0.1, 0.15) is 41.3 Å². The van der Waals surface area contributed by atoms with Gasteiger partial charge in [-0.15, -0.1) is 0 Å². The number of rotatable bonds is 11. The van der Waals surface area contributed by atoms with Crippen LogP contribution in [-0.4, -0.2) is 37.3 Å². The number of aryl methyl sites for hydroxylation is 1. The number of aliphatic carboxylic acids is 1. The van der Waals surface area contributed by atoms with Crippen molar-refractivity contribution in [2.45, 2.75) is 26.2 Å². The van der Waals surface area contributed by atoms with E-state index in [1.54, 1.807) is 31.5 Å². The Morgan fingerprint density at radius 3 is 2.55 bits per heavy atom. The maximum absolute atomic E-state index is 11.3. The van der Waals surface area contributed by atoms with Gasteiger partial charge in [-0.05, 0) is 36.6 Å². The molecule has 0 radical (unpaired) electrons. The molecule has 29 heavy (non-hydrogen) atoms. The molecule has 0 heterocycles. The molecular formula is C23H25NO5. The lowest BCUT2D eigenvalue weighted by atomic mass is 10.0. The molecule has 0 amide bonds. The van der Waals surface area contributed by atoms with Crippen molar-refractivity contribution in [1.29, 1.82) is 0 Å². The third-order valence-corrected chi connectivity index (χ3v) is 4.34. The number of benzene rings is 2. The molecule has 0 aliphatic heterocycles. The number of aldehydes is 1. The fourth-order valence-electron chi connectivity index (χ4n) is 2.65. The highest BCUT2D eigenvalue weighted by Gasteiger charge is 2.08. The van der Waals surface area contributed by atoms with E-state index in [1.165, 1.54) is 0 Å². The highest BCUT2D eigenvalue weighted by Crippen LogP contribution is 2.19. The summed E-state index contributed by atoms with van der Waals surface area (Å²) < 4.78 is 11.1. The lowest BCUT2D eigenvalue weighted by Crippen LogP contribution is -2.03. The Morgan fingerprint density at radius 1 is 1.14 bits per heavy atom. The van der Waals surface area contributed by atoms with Crippen molar-refractivity contribution < 1.29 is 24.2 Å². The number of nitrogens with zero attached hydrogens (tertiary/aromatic N) is 1. The number of aliphatic imine (C=N–C) groups is 1. The van der Waals surface area contributed by atoms with Crippen molar-refractivity contribution in [1.82, 2.24) is 0 Å². The molecular weight excluding hydrogens is 370 g/mol. The topological polar surface area (TPSA) is 85.2 Å². The fraction of sp³-hybridized carbons (Fsp3) is 0.261. The van der Waals surface area contributed by atoms with Gasteiger partial charge < -0.3 is 14.6 Å². The second-order valence-electron chi connectivity index (χ2n) is 6.35. The van der Waals surface area contributed by atoms with E-state index in [0.29, 0.717) is 48.4 Å². The second kappa shape index (κ2) is 11.4. The molecule has 152 valence electrons. The van der Waals surface area contributed by atoms with Gasteiger partial charge >= 0.3 is 5.97 Å². The standard InChI is InChI=1S/C23H25NO5/c1-17(28-2)22(24-15-18-6-4-3-5-7-18)12-13-29-21-10-8-19(9-11-23(26)27)20(14-21)16-25/h3-8,10,14-16H,9,11-13H2,1-2H3,(H,26,27)/b22-17-,24-15?. The molecule has 0 fully saturated rings. The van der Waals surface area contributed by atoms with Crippen LogP contribution in [0.15, 0.2) is 65.0 Å². The molecule has 0 aliphatic carbocycles. The average Bonchev–Trinajstić information content (AvgIpc) is 2.75. The van der Waals surface area contributed by atoms with Gasteiger partial charge in [0.2, 0.25) is 0 Å². The van der Waals surface area contributed by atoms with Crippen LogP contribution < -0.4 is 4.74 Å². The zero-order chi connectivity index (χ0) is 21.1. The molecule has 0 aliphatic rings. The summed E-state index contributed by atoms with van der Waals surface area (Å²) in [5.41, 5.74) is 2.89. The van der Waals surface area contributed by atoms with E-state index >= 15 is 0 Å². The summed E-state index contributed by atoms with van der Waals surface area (Å²) in [6.45, 7) is 2.20. The quantitative estimate of drug-likeness (QED) is 0.349. The molecule has 6 heteroatoms. The first kappa shape index (κ1) is 21.9. The van der Waals surface area contributed by atoms with E-state index in [-0.39, 0.29) is 6.42 Å². The molecule has 2 rings (SSSR count). The van der Waals surface area contributed by atoms with Crippen LogP contribution in [0.4, 0.5) is 0 Å². The molecule has 0 atom stereocenters. The van der Waals surface area contributed by atoms with Gasteiger partial charge in [0, 0.05) is 24.6 Å². The van der Waals surface area contributed by atoms with Gasteiger partial charge in [-0.3, -0.25) is 14.6 Å². The highest BCUT2D eigenvalue weighted by molar-refractivity contribution is 5.80. The van der Waals surface area contributed by atoms with Crippen molar-refractivity contribution in [2.24, 2.45) is 4.99 Å². The maximum atomic E-state index is 11.3. The van der Waals surface area contributed by atoms with E-state index in [9.17, 15) is 9.59 Å². The Morgan fingerprint density at radius 2 is 1.90 bits per heavy atom. The van der Waals surface area contributed by atoms with Crippen LogP contribution >= 0.6 is 0 Å². The first-order valence-electron chi connectivity index (χ1n) is 9.29. The van der Waals surface area contributed by atoms with Crippen molar-refractivity contribution >= 4 is 18.5 Å². The number of hydrogen-bond acceptors (Lipinski definition) is 5. The SMILES string of the molecule is CO/C(C)=C(/CCOc1ccc(CCC(=O)O)c(C=O)c1)N=Cc1ccccc1. The zero-order valence-electron chi connectivity index (χ0n) is 16.6. The van der Waals surface area contributed by atoms with Gasteiger partial charge in [0.1, 0.15) is 17.8 Å². The number of hydrogen-bond donors (Lipinski definition) is 1. The van der Waals surface area contributed by atoms with Crippen LogP contribution in [0.3, 0.4) is 0 Å². The maximum Gasteiger partial charge on any atom is 0.303 e. The zero-order valence-corrected chi connectivity index (χ0v) is 16.6. The van der Waals surface area contributed by atoms with Gasteiger partial charge in [-0.2, -0.15) is 0 Å². The summed E-state index contributed by atoms with van der Waals surface area (Å²) in [6.07, 6.45) is 3.30. The molecule has 0 bridgehead atoms. The van der Waals surface area contributed by atoms with E-state index in [1.807, 2.05) is 37.3 Å². The minimum absolute atomic E-state index is 0.0229. The third kappa shape index (κ3) is 7.25. The first-order valence-corrected chi connectivity index (χ1v) is 9.29. The smallest absolute Gasteiger partial charge is 0.303 e. The summed E-state index contributed by atoms with van der Waals surface area (Å²) in [5.74, 6) is 0.358. The first-order chi connectivity index (χ1) is 14.0. The predicted octanol–water partition coefficient (Wildman–Crippen LogP) is 4.28.